The minimum Gasteiger partial charge on any atom is -0.480 e. The van der Waals surface area contributed by atoms with Gasteiger partial charge in [-0.25, -0.2) is 0 Å². The summed E-state index contributed by atoms with van der Waals surface area (Å²) in [4.78, 5) is 10.1. The van der Waals surface area contributed by atoms with Gasteiger partial charge in [-0.15, -0.1) is 0 Å². The van der Waals surface area contributed by atoms with Crippen molar-refractivity contribution in [1.82, 2.24) is 0 Å². The quantitative estimate of drug-likeness (QED) is 0.650. The van der Waals surface area contributed by atoms with Crippen LogP contribution in [0.15, 0.2) is 0 Å². The molecule has 0 fully saturated rings. The van der Waals surface area contributed by atoms with Crippen LogP contribution in [-0.4, -0.2) is 33.3 Å². The highest BCUT2D eigenvalue weighted by molar-refractivity contribution is 7.98. The number of rotatable bonds is 4. The van der Waals surface area contributed by atoms with Gasteiger partial charge in [0.1, 0.15) is 6.04 Å². The van der Waals surface area contributed by atoms with Gasteiger partial charge >= 0.3 is 5.97 Å². The molecule has 0 aromatic rings. The molecule has 0 aliphatic rings. The number of hydrogen-bond donors (Lipinski definition) is 2. The van der Waals surface area contributed by atoms with Gasteiger partial charge in [-0.3, -0.25) is 4.79 Å². The Balaban J connectivity index is 0. The van der Waals surface area contributed by atoms with Gasteiger partial charge in [0.2, 0.25) is 0 Å². The standard InChI is InChI=1S/C5H11NO2S.OS/c1-9-3-2-4(6)5(7)8;1-2/h4H,2-3,6H2,1H3,(H,7,8);/t4-;/m0./s1. The van der Waals surface area contributed by atoms with E-state index in [1.54, 1.807) is 11.8 Å². The summed E-state index contributed by atoms with van der Waals surface area (Å²) in [6.07, 6.45) is 2.48. The summed E-state index contributed by atoms with van der Waals surface area (Å²) in [5, 5.41) is 8.27. The predicted octanol–water partition coefficient (Wildman–Crippen LogP) is -0.185. The van der Waals surface area contributed by atoms with Crippen molar-refractivity contribution in [3.8, 4) is 0 Å². The molecular weight excluding hydrogens is 186 g/mol. The van der Waals surface area contributed by atoms with Crippen LogP contribution in [-0.2, 0) is 17.3 Å². The van der Waals surface area contributed by atoms with Gasteiger partial charge in [0.15, 0.2) is 12.5 Å². The number of carbonyl (C=O) groups is 1. The van der Waals surface area contributed by atoms with Crippen molar-refractivity contribution in [2.24, 2.45) is 5.73 Å². The molecule has 66 valence electrons. The zero-order valence-corrected chi connectivity index (χ0v) is 7.78. The number of carboxylic acid groups (broad SMARTS) is 1. The molecule has 0 radical (unpaired) electrons. The summed E-state index contributed by atoms with van der Waals surface area (Å²) in [7, 11) is 0. The highest BCUT2D eigenvalue weighted by atomic mass is 32.2. The normalized spacial score (nSPS) is 11.1. The molecule has 0 rings (SSSR count). The molecule has 0 bridgehead atoms. The zero-order valence-electron chi connectivity index (χ0n) is 6.15. The van der Waals surface area contributed by atoms with Crippen LogP contribution < -0.4 is 5.73 Å². The maximum Gasteiger partial charge on any atom is 0.320 e. The first kappa shape index (κ1) is 13.4. The van der Waals surface area contributed by atoms with Gasteiger partial charge in [0.05, 0.1) is 0 Å². The maximum absolute atomic E-state index is 10.1. The summed E-state index contributed by atoms with van der Waals surface area (Å²) in [6.45, 7) is 0. The van der Waals surface area contributed by atoms with Crippen molar-refractivity contribution in [2.45, 2.75) is 12.5 Å². The molecule has 0 aliphatic carbocycles. The van der Waals surface area contributed by atoms with Crippen LogP contribution in [0.25, 0.3) is 0 Å². The lowest BCUT2D eigenvalue weighted by Crippen LogP contribution is -2.30. The van der Waals surface area contributed by atoms with E-state index in [4.69, 9.17) is 15.0 Å². The Morgan fingerprint density at radius 1 is 1.73 bits per heavy atom. The van der Waals surface area contributed by atoms with E-state index in [1.807, 2.05) is 6.26 Å². The summed E-state index contributed by atoms with van der Waals surface area (Å²) >= 11 is 4.44. The molecule has 0 amide bonds. The minimum atomic E-state index is -0.913. The predicted molar refractivity (Wildman–Crippen MR) is 46.8 cm³/mol. The largest absolute Gasteiger partial charge is 0.480 e. The Kier molecular flexibility index (Phi) is 11.9. The third-order valence-electron chi connectivity index (χ3n) is 0.950. The van der Waals surface area contributed by atoms with E-state index in [0.29, 0.717) is 6.42 Å². The van der Waals surface area contributed by atoms with Crippen LogP contribution in [0.5, 0.6) is 0 Å². The number of aliphatic carboxylic acids is 1. The molecule has 0 spiro atoms. The van der Waals surface area contributed by atoms with E-state index >= 15 is 0 Å². The molecule has 1 atom stereocenters. The first-order valence-electron chi connectivity index (χ1n) is 2.82. The SMILES string of the molecule is CSCC[C@H](N)C(=O)O.O=S. The lowest BCUT2D eigenvalue weighted by atomic mass is 10.2. The van der Waals surface area contributed by atoms with Gasteiger partial charge in [-0.2, -0.15) is 16.0 Å². The molecular formula is C5H11NO3S2. The van der Waals surface area contributed by atoms with Crippen molar-refractivity contribution < 1.29 is 14.1 Å². The number of hydrogen-bond acceptors (Lipinski definition) is 5. The highest BCUT2D eigenvalue weighted by Gasteiger charge is 2.08. The summed E-state index contributed by atoms with van der Waals surface area (Å²) in [5.74, 6) is -0.1000. The molecule has 0 aromatic heterocycles. The van der Waals surface area contributed by atoms with Crippen LogP contribution in [0.2, 0.25) is 0 Å². The second kappa shape index (κ2) is 9.80. The summed E-state index contributed by atoms with van der Waals surface area (Å²) in [5.41, 5.74) is 5.19. The molecule has 0 aromatic carbocycles. The van der Waals surface area contributed by atoms with E-state index in [9.17, 15) is 4.79 Å². The van der Waals surface area contributed by atoms with Crippen LogP contribution in [0.3, 0.4) is 0 Å². The van der Waals surface area contributed by atoms with Crippen LogP contribution in [0, 0.1) is 0 Å². The Morgan fingerprint density at radius 3 is 2.45 bits per heavy atom. The molecule has 0 unspecified atom stereocenters. The Morgan fingerprint density at radius 2 is 2.18 bits per heavy atom. The first-order chi connectivity index (χ1) is 5.18. The number of thioether (sulfide) groups is 1. The molecule has 0 saturated carbocycles. The van der Waals surface area contributed by atoms with E-state index < -0.39 is 12.0 Å². The molecule has 4 nitrogen and oxygen atoms in total. The van der Waals surface area contributed by atoms with Crippen molar-refractivity contribution in [3.63, 3.8) is 0 Å². The fraction of sp³-hybridized carbons (Fsp3) is 0.800. The number of nitrogens with two attached hydrogens (primary N) is 1. The first-order valence-corrected chi connectivity index (χ1v) is 4.55. The topological polar surface area (TPSA) is 80.4 Å². The van der Waals surface area contributed by atoms with Gasteiger partial charge in [0.25, 0.3) is 0 Å². The molecule has 0 aliphatic heterocycles. The maximum atomic E-state index is 10.1. The van der Waals surface area contributed by atoms with E-state index in [0.717, 1.165) is 5.75 Å². The minimum absolute atomic E-state index is 0.552. The lowest BCUT2D eigenvalue weighted by Gasteiger charge is -2.02. The van der Waals surface area contributed by atoms with Crippen molar-refractivity contribution in [1.29, 1.82) is 0 Å². The van der Waals surface area contributed by atoms with Crippen molar-refractivity contribution in [3.05, 3.63) is 0 Å². The molecule has 3 N–H and O–H groups in total. The second-order valence-corrected chi connectivity index (χ2v) is 2.71. The van der Waals surface area contributed by atoms with E-state index in [1.165, 1.54) is 0 Å². The molecule has 11 heavy (non-hydrogen) atoms. The Hall–Kier alpha value is -0.200. The monoisotopic (exact) mass is 197 g/mol. The van der Waals surface area contributed by atoms with E-state index in [-0.39, 0.29) is 0 Å². The van der Waals surface area contributed by atoms with Gasteiger partial charge in [0, 0.05) is 0 Å². The molecule has 6 heteroatoms. The van der Waals surface area contributed by atoms with Crippen LogP contribution in [0.4, 0.5) is 0 Å². The lowest BCUT2D eigenvalue weighted by molar-refractivity contribution is -0.138. The zero-order chi connectivity index (χ0) is 9.28. The average molecular weight is 197 g/mol. The summed E-state index contributed by atoms with van der Waals surface area (Å²) < 4.78 is 7.83. The average Bonchev–Trinajstić information content (AvgIpc) is 2.03. The van der Waals surface area contributed by atoms with Crippen molar-refractivity contribution in [2.75, 3.05) is 12.0 Å². The summed E-state index contributed by atoms with van der Waals surface area (Å²) in [6, 6.07) is -0.683. The van der Waals surface area contributed by atoms with Gasteiger partial charge < -0.3 is 10.8 Å². The molecule has 0 saturated heterocycles. The van der Waals surface area contributed by atoms with Crippen molar-refractivity contribution >= 4 is 30.3 Å². The van der Waals surface area contributed by atoms with E-state index in [2.05, 4.69) is 12.5 Å². The molecule has 0 heterocycles. The smallest absolute Gasteiger partial charge is 0.320 e. The Bertz CT molecular complexity index is 112. The van der Waals surface area contributed by atoms with Gasteiger partial charge in [-0.1, -0.05) is 0 Å². The van der Waals surface area contributed by atoms with Crippen LogP contribution in [0.1, 0.15) is 6.42 Å². The highest BCUT2D eigenvalue weighted by Crippen LogP contribution is 1.97. The fourth-order valence-electron chi connectivity index (χ4n) is 0.368. The third-order valence-corrected chi connectivity index (χ3v) is 1.59. The van der Waals surface area contributed by atoms with Crippen LogP contribution >= 0.6 is 11.8 Å². The Labute approximate surface area is 75.1 Å². The third kappa shape index (κ3) is 9.80. The fourth-order valence-corrected chi connectivity index (χ4v) is 0.858. The van der Waals surface area contributed by atoms with Gasteiger partial charge in [-0.05, 0) is 18.4 Å². The number of carboxylic acids is 1. The second-order valence-electron chi connectivity index (χ2n) is 1.73.